The molecule has 0 aliphatic heterocycles. The fourth-order valence-corrected chi connectivity index (χ4v) is 3.17. The van der Waals surface area contributed by atoms with E-state index < -0.39 is 0 Å². The minimum absolute atomic E-state index is 0.0873. The Morgan fingerprint density at radius 3 is 2.67 bits per heavy atom. The molecule has 0 saturated heterocycles. The normalized spacial score (nSPS) is 13.3. The van der Waals surface area contributed by atoms with Crippen LogP contribution < -0.4 is 10.1 Å². The number of hydrogen-bond donors (Lipinski definition) is 2. The molecular formula is C20H20N4O2S. The molecule has 1 aliphatic rings. The Balaban J connectivity index is 1.23. The van der Waals surface area contributed by atoms with E-state index in [0.717, 1.165) is 22.8 Å². The van der Waals surface area contributed by atoms with Crippen LogP contribution in [0.5, 0.6) is 5.75 Å². The van der Waals surface area contributed by atoms with Crippen LogP contribution in [0.3, 0.4) is 0 Å². The van der Waals surface area contributed by atoms with Crippen LogP contribution in [-0.2, 0) is 11.4 Å². The first-order valence-electron chi connectivity index (χ1n) is 8.88. The van der Waals surface area contributed by atoms with Crippen molar-refractivity contribution < 1.29 is 9.53 Å². The van der Waals surface area contributed by atoms with Crippen molar-refractivity contribution in [3.05, 3.63) is 66.0 Å². The van der Waals surface area contributed by atoms with E-state index in [9.17, 15) is 4.79 Å². The van der Waals surface area contributed by atoms with Gasteiger partial charge in [-0.1, -0.05) is 42.1 Å². The van der Waals surface area contributed by atoms with Gasteiger partial charge in [0.25, 0.3) is 0 Å². The third-order valence-electron chi connectivity index (χ3n) is 4.17. The van der Waals surface area contributed by atoms with Gasteiger partial charge in [0.1, 0.15) is 18.2 Å². The number of H-pyrrole nitrogens is 1. The van der Waals surface area contributed by atoms with Crippen LogP contribution in [-0.4, -0.2) is 26.8 Å². The van der Waals surface area contributed by atoms with E-state index >= 15 is 0 Å². The van der Waals surface area contributed by atoms with Gasteiger partial charge in [-0.15, -0.1) is 5.10 Å². The highest BCUT2D eigenvalue weighted by Crippen LogP contribution is 2.38. The Morgan fingerprint density at radius 2 is 1.93 bits per heavy atom. The third-order valence-corrected chi connectivity index (χ3v) is 5.01. The molecule has 1 fully saturated rings. The zero-order chi connectivity index (χ0) is 18.5. The Morgan fingerprint density at radius 1 is 1.15 bits per heavy atom. The number of nitrogens with zero attached hydrogens (tertiary/aromatic N) is 2. The average molecular weight is 380 g/mol. The van der Waals surface area contributed by atoms with E-state index in [1.165, 1.54) is 24.6 Å². The van der Waals surface area contributed by atoms with Crippen molar-refractivity contribution in [2.45, 2.75) is 30.5 Å². The number of aromatic nitrogens is 3. The Labute approximate surface area is 161 Å². The molecule has 6 nitrogen and oxygen atoms in total. The van der Waals surface area contributed by atoms with Gasteiger partial charge in [-0.05, 0) is 42.7 Å². The topological polar surface area (TPSA) is 79.9 Å². The van der Waals surface area contributed by atoms with Crippen LogP contribution in [0.1, 0.15) is 30.1 Å². The molecule has 2 aromatic carbocycles. The lowest BCUT2D eigenvalue weighted by atomic mass is 10.2. The molecule has 1 aliphatic carbocycles. The number of anilines is 1. The lowest BCUT2D eigenvalue weighted by Crippen LogP contribution is -2.14. The number of amides is 1. The summed E-state index contributed by atoms with van der Waals surface area (Å²) in [6.45, 7) is 0.517. The minimum atomic E-state index is -0.0873. The fourth-order valence-electron chi connectivity index (χ4n) is 2.56. The summed E-state index contributed by atoms with van der Waals surface area (Å²) in [6, 6.07) is 17.4. The van der Waals surface area contributed by atoms with E-state index in [0.29, 0.717) is 17.7 Å². The molecule has 4 rings (SSSR count). The van der Waals surface area contributed by atoms with Gasteiger partial charge in [-0.25, -0.2) is 4.98 Å². The number of hydrogen-bond acceptors (Lipinski definition) is 5. The molecule has 138 valence electrons. The largest absolute Gasteiger partial charge is 0.489 e. The molecule has 0 unspecified atom stereocenters. The summed E-state index contributed by atoms with van der Waals surface area (Å²) in [5.74, 6) is 2.41. The van der Waals surface area contributed by atoms with E-state index in [1.807, 2.05) is 54.6 Å². The van der Waals surface area contributed by atoms with Gasteiger partial charge in [0.15, 0.2) is 0 Å². The molecule has 27 heavy (non-hydrogen) atoms. The van der Waals surface area contributed by atoms with E-state index in [1.54, 1.807) is 0 Å². The van der Waals surface area contributed by atoms with Crippen molar-refractivity contribution in [1.82, 2.24) is 15.2 Å². The summed E-state index contributed by atoms with van der Waals surface area (Å²) >= 11 is 1.33. The third kappa shape index (κ3) is 5.10. The number of benzene rings is 2. The van der Waals surface area contributed by atoms with Gasteiger partial charge in [-0.3, -0.25) is 9.89 Å². The smallest absolute Gasteiger partial charge is 0.234 e. The number of carbonyl (C=O) groups is 1. The molecule has 3 aromatic rings. The van der Waals surface area contributed by atoms with Crippen LogP contribution in [0.4, 0.5) is 5.69 Å². The molecule has 0 spiro atoms. The molecule has 1 saturated carbocycles. The Bertz CT molecular complexity index is 892. The van der Waals surface area contributed by atoms with Crippen molar-refractivity contribution in [3.63, 3.8) is 0 Å². The van der Waals surface area contributed by atoms with Gasteiger partial charge in [-0.2, -0.15) is 0 Å². The van der Waals surface area contributed by atoms with Gasteiger partial charge >= 0.3 is 0 Å². The summed E-state index contributed by atoms with van der Waals surface area (Å²) in [5, 5.41) is 10.6. The molecule has 1 heterocycles. The van der Waals surface area contributed by atoms with Gasteiger partial charge < -0.3 is 10.1 Å². The second kappa shape index (κ2) is 8.26. The van der Waals surface area contributed by atoms with E-state index in [-0.39, 0.29) is 11.7 Å². The maximum absolute atomic E-state index is 12.1. The van der Waals surface area contributed by atoms with Crippen LogP contribution in [0.2, 0.25) is 0 Å². The number of ether oxygens (including phenoxy) is 1. The minimum Gasteiger partial charge on any atom is -0.489 e. The quantitative estimate of drug-likeness (QED) is 0.578. The highest BCUT2D eigenvalue weighted by molar-refractivity contribution is 7.99. The molecule has 1 aromatic heterocycles. The zero-order valence-electron chi connectivity index (χ0n) is 14.7. The summed E-state index contributed by atoms with van der Waals surface area (Å²) in [6.07, 6.45) is 2.34. The fraction of sp³-hybridized carbons (Fsp3) is 0.250. The first-order chi connectivity index (χ1) is 13.3. The van der Waals surface area contributed by atoms with Crippen molar-refractivity contribution in [2.75, 3.05) is 11.1 Å². The SMILES string of the molecule is O=C(CSc1n[nH]c(C2CC2)n1)Nc1ccc(OCc2ccccc2)cc1. The maximum Gasteiger partial charge on any atom is 0.234 e. The van der Waals surface area contributed by atoms with E-state index in [4.69, 9.17) is 4.74 Å². The second-order valence-corrected chi connectivity index (χ2v) is 7.36. The summed E-state index contributed by atoms with van der Waals surface area (Å²) in [5.41, 5.74) is 1.85. The summed E-state index contributed by atoms with van der Waals surface area (Å²) < 4.78 is 5.75. The predicted molar refractivity (Wildman–Crippen MR) is 105 cm³/mol. The van der Waals surface area contributed by atoms with E-state index in [2.05, 4.69) is 20.5 Å². The monoisotopic (exact) mass is 380 g/mol. The van der Waals surface area contributed by atoms with Crippen molar-refractivity contribution in [3.8, 4) is 5.75 Å². The summed E-state index contributed by atoms with van der Waals surface area (Å²) in [4.78, 5) is 16.5. The Kier molecular flexibility index (Phi) is 5.39. The van der Waals surface area contributed by atoms with Crippen LogP contribution in [0, 0.1) is 0 Å². The number of carbonyl (C=O) groups excluding carboxylic acids is 1. The molecule has 0 atom stereocenters. The highest BCUT2D eigenvalue weighted by atomic mass is 32.2. The van der Waals surface area contributed by atoms with Crippen molar-refractivity contribution in [2.24, 2.45) is 0 Å². The number of thioether (sulfide) groups is 1. The first-order valence-corrected chi connectivity index (χ1v) is 9.86. The first kappa shape index (κ1) is 17.6. The molecular weight excluding hydrogens is 360 g/mol. The predicted octanol–water partition coefficient (Wildman–Crippen LogP) is 3.99. The lowest BCUT2D eigenvalue weighted by molar-refractivity contribution is -0.113. The molecule has 7 heteroatoms. The van der Waals surface area contributed by atoms with Crippen LogP contribution in [0.25, 0.3) is 0 Å². The van der Waals surface area contributed by atoms with Gasteiger partial charge in [0.2, 0.25) is 11.1 Å². The molecule has 2 N–H and O–H groups in total. The zero-order valence-corrected chi connectivity index (χ0v) is 15.5. The molecule has 1 amide bonds. The van der Waals surface area contributed by atoms with Gasteiger partial charge in [0.05, 0.1) is 5.75 Å². The second-order valence-electron chi connectivity index (χ2n) is 6.41. The highest BCUT2D eigenvalue weighted by Gasteiger charge is 2.27. The van der Waals surface area contributed by atoms with Crippen LogP contribution >= 0.6 is 11.8 Å². The Hall–Kier alpha value is -2.80. The van der Waals surface area contributed by atoms with Crippen molar-refractivity contribution >= 4 is 23.4 Å². The number of aromatic amines is 1. The molecule has 0 bridgehead atoms. The number of nitrogens with one attached hydrogen (secondary N) is 2. The lowest BCUT2D eigenvalue weighted by Gasteiger charge is -2.08. The maximum atomic E-state index is 12.1. The number of rotatable bonds is 8. The molecule has 0 radical (unpaired) electrons. The van der Waals surface area contributed by atoms with Gasteiger partial charge in [0, 0.05) is 11.6 Å². The van der Waals surface area contributed by atoms with Crippen LogP contribution in [0.15, 0.2) is 59.8 Å². The van der Waals surface area contributed by atoms with Crippen molar-refractivity contribution in [1.29, 1.82) is 0 Å². The average Bonchev–Trinajstić information content (AvgIpc) is 3.45. The summed E-state index contributed by atoms with van der Waals surface area (Å²) in [7, 11) is 0. The standard InChI is InChI=1S/C20H20N4O2S/c25-18(13-27-20-22-19(23-24-20)15-6-7-15)21-16-8-10-17(11-9-16)26-12-14-4-2-1-3-5-14/h1-5,8-11,15H,6-7,12-13H2,(H,21,25)(H,22,23,24).